The van der Waals surface area contributed by atoms with Gasteiger partial charge in [-0.2, -0.15) is 0 Å². The summed E-state index contributed by atoms with van der Waals surface area (Å²) in [5, 5.41) is 3.44. The van der Waals surface area contributed by atoms with Gasteiger partial charge in [0.05, 0.1) is 0 Å². The van der Waals surface area contributed by atoms with Crippen LogP contribution in [0.2, 0.25) is 0 Å². The fourth-order valence-electron chi connectivity index (χ4n) is 2.41. The molecule has 1 saturated carbocycles. The highest BCUT2D eigenvalue weighted by Gasteiger charge is 2.21. The Morgan fingerprint density at radius 3 is 2.53 bits per heavy atom. The molecule has 0 unspecified atom stereocenters. The normalized spacial score (nSPS) is 22.9. The Hall–Kier alpha value is -0.730. The average molecular weight is 237 g/mol. The molecular weight excluding hydrogens is 210 g/mol. The van der Waals surface area contributed by atoms with Gasteiger partial charge in [0, 0.05) is 26.2 Å². The third-order valence-corrected chi connectivity index (χ3v) is 3.91. The zero-order valence-electron chi connectivity index (χ0n) is 11.4. The highest BCUT2D eigenvalue weighted by atomic mass is 15.3. The van der Waals surface area contributed by atoms with E-state index in [0.717, 1.165) is 30.9 Å². The summed E-state index contributed by atoms with van der Waals surface area (Å²) >= 11 is 0. The second-order valence-electron chi connectivity index (χ2n) is 5.64. The first kappa shape index (κ1) is 12.7. The Labute approximate surface area is 106 Å². The van der Waals surface area contributed by atoms with Crippen molar-refractivity contribution in [2.24, 2.45) is 16.8 Å². The minimum Gasteiger partial charge on any atom is -0.357 e. The third-order valence-electron chi connectivity index (χ3n) is 3.91. The van der Waals surface area contributed by atoms with Crippen molar-refractivity contribution < 1.29 is 0 Å². The van der Waals surface area contributed by atoms with Gasteiger partial charge in [-0.1, -0.05) is 19.8 Å². The summed E-state index contributed by atoms with van der Waals surface area (Å²) in [6, 6.07) is 0. The van der Waals surface area contributed by atoms with E-state index in [2.05, 4.69) is 24.1 Å². The van der Waals surface area contributed by atoms with E-state index in [1.165, 1.54) is 45.2 Å². The molecule has 17 heavy (non-hydrogen) atoms. The Morgan fingerprint density at radius 2 is 1.94 bits per heavy atom. The van der Waals surface area contributed by atoms with E-state index in [0.29, 0.717) is 0 Å². The van der Waals surface area contributed by atoms with Gasteiger partial charge in [0.25, 0.3) is 0 Å². The maximum Gasteiger partial charge on any atom is 0.193 e. The standard InChI is InChI=1S/C14H27N3/c1-3-15-14(16-9-6-13-4-5-13)17-10-7-12(2)8-11-17/h12-13H,3-11H2,1-2H3,(H,15,16). The van der Waals surface area contributed by atoms with Gasteiger partial charge in [-0.05, 0) is 38.0 Å². The number of aliphatic imine (C=N–C) groups is 1. The zero-order valence-corrected chi connectivity index (χ0v) is 11.4. The van der Waals surface area contributed by atoms with Gasteiger partial charge in [0.15, 0.2) is 5.96 Å². The number of rotatable bonds is 4. The van der Waals surface area contributed by atoms with E-state index in [1.807, 2.05) is 0 Å². The van der Waals surface area contributed by atoms with Crippen LogP contribution in [0.5, 0.6) is 0 Å². The van der Waals surface area contributed by atoms with E-state index in [1.54, 1.807) is 0 Å². The first-order valence-electron chi connectivity index (χ1n) is 7.33. The topological polar surface area (TPSA) is 27.6 Å². The van der Waals surface area contributed by atoms with E-state index in [-0.39, 0.29) is 0 Å². The maximum absolute atomic E-state index is 4.77. The van der Waals surface area contributed by atoms with Gasteiger partial charge in [0.1, 0.15) is 0 Å². The van der Waals surface area contributed by atoms with E-state index in [9.17, 15) is 0 Å². The lowest BCUT2D eigenvalue weighted by Gasteiger charge is -2.33. The lowest BCUT2D eigenvalue weighted by atomic mass is 10.00. The van der Waals surface area contributed by atoms with Crippen molar-refractivity contribution in [1.82, 2.24) is 10.2 Å². The van der Waals surface area contributed by atoms with Gasteiger partial charge in [-0.15, -0.1) is 0 Å². The fourth-order valence-corrected chi connectivity index (χ4v) is 2.41. The number of guanidine groups is 1. The number of piperidine rings is 1. The summed E-state index contributed by atoms with van der Waals surface area (Å²) in [4.78, 5) is 7.21. The maximum atomic E-state index is 4.77. The van der Waals surface area contributed by atoms with E-state index in [4.69, 9.17) is 4.99 Å². The third kappa shape index (κ3) is 4.21. The average Bonchev–Trinajstić information content (AvgIpc) is 3.13. The van der Waals surface area contributed by atoms with Crippen molar-refractivity contribution in [1.29, 1.82) is 0 Å². The van der Waals surface area contributed by atoms with Crippen molar-refractivity contribution in [3.63, 3.8) is 0 Å². The van der Waals surface area contributed by atoms with Crippen molar-refractivity contribution in [2.75, 3.05) is 26.2 Å². The van der Waals surface area contributed by atoms with Gasteiger partial charge < -0.3 is 10.2 Å². The van der Waals surface area contributed by atoms with Crippen LogP contribution in [-0.2, 0) is 0 Å². The highest BCUT2D eigenvalue weighted by molar-refractivity contribution is 5.80. The molecule has 1 heterocycles. The molecule has 0 radical (unpaired) electrons. The molecule has 1 saturated heterocycles. The van der Waals surface area contributed by atoms with Crippen molar-refractivity contribution >= 4 is 5.96 Å². The van der Waals surface area contributed by atoms with Crippen molar-refractivity contribution in [3.05, 3.63) is 0 Å². The quantitative estimate of drug-likeness (QED) is 0.601. The number of nitrogens with one attached hydrogen (secondary N) is 1. The van der Waals surface area contributed by atoms with Crippen LogP contribution in [0.3, 0.4) is 0 Å². The molecule has 3 heteroatoms. The molecule has 0 aromatic rings. The second-order valence-corrected chi connectivity index (χ2v) is 5.64. The summed E-state index contributed by atoms with van der Waals surface area (Å²) in [7, 11) is 0. The lowest BCUT2D eigenvalue weighted by Crippen LogP contribution is -2.45. The molecule has 1 aliphatic carbocycles. The van der Waals surface area contributed by atoms with E-state index >= 15 is 0 Å². The van der Waals surface area contributed by atoms with Gasteiger partial charge in [-0.3, -0.25) is 4.99 Å². The molecule has 3 nitrogen and oxygen atoms in total. The first-order valence-corrected chi connectivity index (χ1v) is 7.33. The molecule has 0 bridgehead atoms. The van der Waals surface area contributed by atoms with Crippen LogP contribution >= 0.6 is 0 Å². The van der Waals surface area contributed by atoms with Gasteiger partial charge >= 0.3 is 0 Å². The van der Waals surface area contributed by atoms with Crippen molar-refractivity contribution in [3.8, 4) is 0 Å². The minimum atomic E-state index is 0.889. The number of nitrogens with zero attached hydrogens (tertiary/aromatic N) is 2. The summed E-state index contributed by atoms with van der Waals surface area (Å²) < 4.78 is 0. The van der Waals surface area contributed by atoms with Crippen LogP contribution in [0.15, 0.2) is 4.99 Å². The van der Waals surface area contributed by atoms with Crippen LogP contribution in [0, 0.1) is 11.8 Å². The summed E-state index contributed by atoms with van der Waals surface area (Å²) in [6.45, 7) is 8.86. The monoisotopic (exact) mass is 237 g/mol. The summed E-state index contributed by atoms with van der Waals surface area (Å²) in [5.41, 5.74) is 0. The highest BCUT2D eigenvalue weighted by Crippen LogP contribution is 2.32. The molecule has 0 spiro atoms. The lowest BCUT2D eigenvalue weighted by molar-refractivity contribution is 0.273. The molecule has 0 amide bonds. The summed E-state index contributed by atoms with van der Waals surface area (Å²) in [5.74, 6) is 3.03. The number of hydrogen-bond donors (Lipinski definition) is 1. The van der Waals surface area contributed by atoms with E-state index < -0.39 is 0 Å². The second kappa shape index (κ2) is 6.27. The van der Waals surface area contributed by atoms with Crippen LogP contribution < -0.4 is 5.32 Å². The largest absolute Gasteiger partial charge is 0.357 e. The number of likely N-dealkylation sites (tertiary alicyclic amines) is 1. The van der Waals surface area contributed by atoms with Crippen molar-refractivity contribution in [2.45, 2.75) is 46.0 Å². The van der Waals surface area contributed by atoms with Crippen LogP contribution in [-0.4, -0.2) is 37.0 Å². The Balaban J connectivity index is 1.81. The zero-order chi connectivity index (χ0) is 12.1. The molecule has 2 fully saturated rings. The molecule has 2 rings (SSSR count). The van der Waals surface area contributed by atoms with Crippen LogP contribution in [0.25, 0.3) is 0 Å². The summed E-state index contributed by atoms with van der Waals surface area (Å²) in [6.07, 6.45) is 6.79. The predicted molar refractivity (Wildman–Crippen MR) is 73.3 cm³/mol. The smallest absolute Gasteiger partial charge is 0.193 e. The Kier molecular flexibility index (Phi) is 4.69. The number of hydrogen-bond acceptors (Lipinski definition) is 1. The fraction of sp³-hybridized carbons (Fsp3) is 0.929. The Morgan fingerprint density at radius 1 is 1.24 bits per heavy atom. The molecule has 0 aromatic carbocycles. The van der Waals surface area contributed by atoms with Gasteiger partial charge in [0.2, 0.25) is 0 Å². The molecule has 0 aromatic heterocycles. The first-order chi connectivity index (χ1) is 8.29. The van der Waals surface area contributed by atoms with Crippen LogP contribution in [0.1, 0.15) is 46.0 Å². The molecule has 98 valence electrons. The molecule has 1 aliphatic heterocycles. The molecule has 0 atom stereocenters. The molecular formula is C14H27N3. The SMILES string of the molecule is CCNC(=NCCC1CC1)N1CCC(C)CC1. The Bertz CT molecular complexity index is 250. The molecule has 1 N–H and O–H groups in total. The molecule has 2 aliphatic rings. The van der Waals surface area contributed by atoms with Crippen LogP contribution in [0.4, 0.5) is 0 Å². The minimum absolute atomic E-state index is 0.889. The van der Waals surface area contributed by atoms with Gasteiger partial charge in [-0.25, -0.2) is 0 Å². The predicted octanol–water partition coefficient (Wildman–Crippen LogP) is 2.48.